The van der Waals surface area contributed by atoms with Crippen LogP contribution < -0.4 is 5.32 Å². The lowest BCUT2D eigenvalue weighted by atomic mass is 9.95. The standard InChI is InChI=1S/C7H13NO/c1-7(9)5-2-3-6(7)8-4-5/h5-6,8-9H,2-4H2,1H3/t5-,6-,7+/m1/s1. The van der Waals surface area contributed by atoms with Gasteiger partial charge in [-0.2, -0.15) is 0 Å². The molecule has 3 atom stereocenters. The van der Waals surface area contributed by atoms with Crippen LogP contribution in [-0.4, -0.2) is 23.3 Å². The van der Waals surface area contributed by atoms with Gasteiger partial charge in [-0.3, -0.25) is 0 Å². The number of rotatable bonds is 0. The van der Waals surface area contributed by atoms with E-state index in [2.05, 4.69) is 5.32 Å². The molecule has 2 N–H and O–H groups in total. The number of piperidine rings is 1. The third-order valence-electron chi connectivity index (χ3n) is 2.95. The molecule has 2 rings (SSSR count). The van der Waals surface area contributed by atoms with Crippen molar-refractivity contribution in [1.82, 2.24) is 5.32 Å². The van der Waals surface area contributed by atoms with Crippen molar-refractivity contribution in [2.45, 2.75) is 31.4 Å². The van der Waals surface area contributed by atoms with Crippen LogP contribution >= 0.6 is 0 Å². The molecule has 1 aliphatic heterocycles. The molecule has 0 aromatic heterocycles. The Labute approximate surface area is 55.3 Å². The van der Waals surface area contributed by atoms with Crippen LogP contribution in [0.3, 0.4) is 0 Å². The number of aliphatic hydroxyl groups is 1. The Bertz CT molecular complexity index is 111. The highest BCUT2D eigenvalue weighted by molar-refractivity contribution is 5.06. The van der Waals surface area contributed by atoms with Gasteiger partial charge in [-0.1, -0.05) is 0 Å². The maximum atomic E-state index is 9.73. The minimum Gasteiger partial charge on any atom is -0.388 e. The summed E-state index contributed by atoms with van der Waals surface area (Å²) < 4.78 is 0. The molecule has 0 unspecified atom stereocenters. The molecule has 0 amide bonds. The zero-order valence-electron chi connectivity index (χ0n) is 5.72. The third kappa shape index (κ3) is 0.578. The summed E-state index contributed by atoms with van der Waals surface area (Å²) in [4.78, 5) is 0. The van der Waals surface area contributed by atoms with Crippen LogP contribution in [0.5, 0.6) is 0 Å². The van der Waals surface area contributed by atoms with E-state index in [-0.39, 0.29) is 5.60 Å². The van der Waals surface area contributed by atoms with Gasteiger partial charge >= 0.3 is 0 Å². The van der Waals surface area contributed by atoms with Gasteiger partial charge < -0.3 is 10.4 Å². The molecule has 0 radical (unpaired) electrons. The largest absolute Gasteiger partial charge is 0.388 e. The number of fused-ring (bicyclic) bond motifs is 2. The zero-order chi connectivity index (χ0) is 6.48. The summed E-state index contributed by atoms with van der Waals surface area (Å²) >= 11 is 0. The molecule has 0 aromatic carbocycles. The van der Waals surface area contributed by atoms with Gasteiger partial charge in [0.05, 0.1) is 5.60 Å². The molecular weight excluding hydrogens is 114 g/mol. The van der Waals surface area contributed by atoms with Crippen LogP contribution in [0, 0.1) is 5.92 Å². The van der Waals surface area contributed by atoms with Crippen molar-refractivity contribution in [3.8, 4) is 0 Å². The lowest BCUT2D eigenvalue weighted by molar-refractivity contribution is 0.0361. The fourth-order valence-corrected chi connectivity index (χ4v) is 2.14. The van der Waals surface area contributed by atoms with Crippen LogP contribution in [0.2, 0.25) is 0 Å². The fraction of sp³-hybridized carbons (Fsp3) is 1.00. The maximum Gasteiger partial charge on any atom is 0.0812 e. The van der Waals surface area contributed by atoms with E-state index in [0.717, 1.165) is 13.0 Å². The predicted octanol–water partition coefficient (Wildman–Crippen LogP) is 0.119. The van der Waals surface area contributed by atoms with E-state index in [0.29, 0.717) is 12.0 Å². The Morgan fingerprint density at radius 2 is 2.33 bits per heavy atom. The minimum atomic E-state index is -0.389. The van der Waals surface area contributed by atoms with E-state index < -0.39 is 0 Å². The Morgan fingerprint density at radius 3 is 2.44 bits per heavy atom. The van der Waals surface area contributed by atoms with Gasteiger partial charge in [-0.25, -0.2) is 0 Å². The van der Waals surface area contributed by atoms with Gasteiger partial charge in [0.1, 0.15) is 0 Å². The molecule has 0 aromatic rings. The number of nitrogens with one attached hydrogen (secondary N) is 1. The normalized spacial score (nSPS) is 56.7. The minimum absolute atomic E-state index is 0.389. The van der Waals surface area contributed by atoms with Crippen molar-refractivity contribution in [3.05, 3.63) is 0 Å². The first-order chi connectivity index (χ1) is 4.21. The molecule has 2 nitrogen and oxygen atoms in total. The van der Waals surface area contributed by atoms with Crippen LogP contribution in [0.4, 0.5) is 0 Å². The molecule has 2 heteroatoms. The maximum absolute atomic E-state index is 9.73. The van der Waals surface area contributed by atoms with Gasteiger partial charge in [-0.05, 0) is 19.8 Å². The topological polar surface area (TPSA) is 32.3 Å². The first kappa shape index (κ1) is 5.69. The SMILES string of the molecule is C[C@]1(O)[C@@H]2CC[C@H]1NC2. The molecule has 2 fully saturated rings. The van der Waals surface area contributed by atoms with Crippen molar-refractivity contribution in [2.24, 2.45) is 5.92 Å². The average molecular weight is 127 g/mol. The molecular formula is C7H13NO. The van der Waals surface area contributed by atoms with Crippen LogP contribution in [0.1, 0.15) is 19.8 Å². The average Bonchev–Trinajstić information content (AvgIpc) is 2.24. The van der Waals surface area contributed by atoms with Gasteiger partial charge in [0.15, 0.2) is 0 Å². The third-order valence-corrected chi connectivity index (χ3v) is 2.95. The summed E-state index contributed by atoms with van der Waals surface area (Å²) in [6.45, 7) is 2.98. The van der Waals surface area contributed by atoms with Gasteiger partial charge in [0.25, 0.3) is 0 Å². The van der Waals surface area contributed by atoms with Crippen LogP contribution in [-0.2, 0) is 0 Å². The van der Waals surface area contributed by atoms with Crippen molar-refractivity contribution in [2.75, 3.05) is 6.54 Å². The second-order valence-corrected chi connectivity index (χ2v) is 3.46. The molecule has 1 saturated carbocycles. The number of hydrogen-bond donors (Lipinski definition) is 2. The lowest BCUT2D eigenvalue weighted by Gasteiger charge is -2.20. The lowest BCUT2D eigenvalue weighted by Crippen LogP contribution is -2.37. The van der Waals surface area contributed by atoms with Gasteiger partial charge in [0, 0.05) is 18.5 Å². The predicted molar refractivity (Wildman–Crippen MR) is 35.1 cm³/mol. The smallest absolute Gasteiger partial charge is 0.0812 e. The molecule has 1 heterocycles. The zero-order valence-corrected chi connectivity index (χ0v) is 5.72. The number of hydrogen-bond acceptors (Lipinski definition) is 2. The Kier molecular flexibility index (Phi) is 0.945. The summed E-state index contributed by atoms with van der Waals surface area (Å²) in [6.07, 6.45) is 2.38. The molecule has 9 heavy (non-hydrogen) atoms. The highest BCUT2D eigenvalue weighted by Crippen LogP contribution is 2.39. The van der Waals surface area contributed by atoms with E-state index in [9.17, 15) is 5.11 Å². The summed E-state index contributed by atoms with van der Waals surface area (Å²) in [7, 11) is 0. The van der Waals surface area contributed by atoms with Gasteiger partial charge in [-0.15, -0.1) is 0 Å². The van der Waals surface area contributed by atoms with E-state index in [1.54, 1.807) is 0 Å². The fourth-order valence-electron chi connectivity index (χ4n) is 2.14. The Morgan fingerprint density at radius 1 is 1.56 bits per heavy atom. The molecule has 52 valence electrons. The summed E-state index contributed by atoms with van der Waals surface area (Å²) in [5, 5.41) is 13.0. The quantitative estimate of drug-likeness (QED) is 0.484. The van der Waals surface area contributed by atoms with Crippen molar-refractivity contribution >= 4 is 0 Å². The Hall–Kier alpha value is -0.0800. The summed E-state index contributed by atoms with van der Waals surface area (Å²) in [6, 6.07) is 0.391. The van der Waals surface area contributed by atoms with Crippen LogP contribution in [0.15, 0.2) is 0 Å². The highest BCUT2D eigenvalue weighted by Gasteiger charge is 2.49. The van der Waals surface area contributed by atoms with E-state index >= 15 is 0 Å². The highest BCUT2D eigenvalue weighted by atomic mass is 16.3. The summed E-state index contributed by atoms with van der Waals surface area (Å²) in [5.74, 6) is 0.530. The summed E-state index contributed by atoms with van der Waals surface area (Å²) in [5.41, 5.74) is -0.389. The molecule has 1 saturated heterocycles. The molecule has 2 aliphatic rings. The first-order valence-corrected chi connectivity index (χ1v) is 3.67. The van der Waals surface area contributed by atoms with Crippen LogP contribution in [0.25, 0.3) is 0 Å². The first-order valence-electron chi connectivity index (χ1n) is 3.67. The molecule has 0 spiro atoms. The van der Waals surface area contributed by atoms with E-state index in [4.69, 9.17) is 0 Å². The monoisotopic (exact) mass is 127 g/mol. The second-order valence-electron chi connectivity index (χ2n) is 3.46. The van der Waals surface area contributed by atoms with E-state index in [1.807, 2.05) is 6.92 Å². The molecule has 1 aliphatic carbocycles. The van der Waals surface area contributed by atoms with Gasteiger partial charge in [0.2, 0.25) is 0 Å². The Balaban J connectivity index is 2.26. The van der Waals surface area contributed by atoms with E-state index in [1.165, 1.54) is 6.42 Å². The second kappa shape index (κ2) is 1.50. The van der Waals surface area contributed by atoms with Crippen molar-refractivity contribution < 1.29 is 5.11 Å². The van der Waals surface area contributed by atoms with Crippen molar-refractivity contribution in [1.29, 1.82) is 0 Å². The van der Waals surface area contributed by atoms with Crippen molar-refractivity contribution in [3.63, 3.8) is 0 Å². The molecule has 2 bridgehead atoms.